The monoisotopic (exact) mass is 454 g/mol. The molecule has 31 heavy (non-hydrogen) atoms. The first-order valence-electron chi connectivity index (χ1n) is 9.10. The third-order valence-electron chi connectivity index (χ3n) is 4.79. The van der Waals surface area contributed by atoms with E-state index in [1.807, 2.05) is 0 Å². The normalized spacial score (nSPS) is 14.8. The van der Waals surface area contributed by atoms with Crippen LogP contribution in [0.1, 0.15) is 34.6 Å². The third kappa shape index (κ3) is 5.25. The maximum Gasteiger partial charge on any atom is 0.460 e. The molecule has 0 radical (unpaired) electrons. The molecular weight excluding hydrogens is 435 g/mol. The molecule has 0 aliphatic heterocycles. The molecule has 0 aliphatic rings. The van der Waals surface area contributed by atoms with Crippen molar-refractivity contribution in [2.45, 2.75) is 50.1 Å². The summed E-state index contributed by atoms with van der Waals surface area (Å²) >= 11 is 0. The number of hydrogen-bond donors (Lipinski definition) is 0. The van der Waals surface area contributed by atoms with Gasteiger partial charge < -0.3 is 0 Å². The van der Waals surface area contributed by atoms with Gasteiger partial charge in [0.15, 0.2) is 0 Å². The number of halogens is 9. The first kappa shape index (κ1) is 24.8. The molecule has 0 bridgehead atoms. The van der Waals surface area contributed by atoms with Crippen LogP contribution in [0.2, 0.25) is 0 Å². The van der Waals surface area contributed by atoms with Crippen molar-refractivity contribution in [1.82, 2.24) is 0 Å². The molecule has 0 heterocycles. The molecule has 9 heteroatoms. The highest BCUT2D eigenvalue weighted by Crippen LogP contribution is 2.55. The fraction of sp³-hybridized carbons (Fsp3) is 0.364. The predicted molar refractivity (Wildman–Crippen MR) is 99.6 cm³/mol. The Hall–Kier alpha value is -2.45. The zero-order valence-electron chi connectivity index (χ0n) is 16.5. The van der Waals surface area contributed by atoms with E-state index in [0.29, 0.717) is 11.1 Å². The summed E-state index contributed by atoms with van der Waals surface area (Å²) in [6, 6.07) is 12.3. The molecular formula is C22H19F9. The van der Waals surface area contributed by atoms with Crippen LogP contribution in [0, 0.1) is 13.8 Å². The summed E-state index contributed by atoms with van der Waals surface area (Å²) in [5.74, 6) is -20.7. The van der Waals surface area contributed by atoms with Gasteiger partial charge in [0.05, 0.1) is 0 Å². The van der Waals surface area contributed by atoms with Gasteiger partial charge in [-0.1, -0.05) is 71.8 Å². The molecule has 2 aromatic carbocycles. The van der Waals surface area contributed by atoms with Crippen molar-refractivity contribution < 1.29 is 39.5 Å². The smallest absolute Gasteiger partial charge is 0.200 e. The molecule has 0 N–H and O–H groups in total. The number of rotatable bonds is 7. The van der Waals surface area contributed by atoms with E-state index >= 15 is 0 Å². The SMILES string of the molecule is Cc1ccc(/C=C/C(CC(F)(F)C(F)(F)C(F)(F)C(F)(F)F)c2ccc(C)cc2)cc1. The molecule has 0 saturated heterocycles. The predicted octanol–water partition coefficient (Wildman–Crippen LogP) is 7.96. The van der Waals surface area contributed by atoms with Crippen LogP contribution < -0.4 is 0 Å². The topological polar surface area (TPSA) is 0 Å². The first-order valence-corrected chi connectivity index (χ1v) is 9.10. The lowest BCUT2D eigenvalue weighted by atomic mass is 9.87. The van der Waals surface area contributed by atoms with Crippen molar-refractivity contribution in [3.63, 3.8) is 0 Å². The van der Waals surface area contributed by atoms with Gasteiger partial charge in [0.1, 0.15) is 0 Å². The summed E-state index contributed by atoms with van der Waals surface area (Å²) in [4.78, 5) is 0. The van der Waals surface area contributed by atoms with Crippen molar-refractivity contribution in [1.29, 1.82) is 0 Å². The Morgan fingerprint density at radius 1 is 0.677 bits per heavy atom. The minimum Gasteiger partial charge on any atom is -0.200 e. The van der Waals surface area contributed by atoms with Gasteiger partial charge in [0.25, 0.3) is 0 Å². The van der Waals surface area contributed by atoms with E-state index in [1.54, 1.807) is 38.1 Å². The minimum atomic E-state index is -6.90. The fourth-order valence-corrected chi connectivity index (χ4v) is 2.83. The van der Waals surface area contributed by atoms with Gasteiger partial charge in [-0.25, -0.2) is 0 Å². The molecule has 0 aromatic heterocycles. The Balaban J connectivity index is 2.43. The Morgan fingerprint density at radius 3 is 1.58 bits per heavy atom. The number of hydrogen-bond acceptors (Lipinski definition) is 0. The molecule has 1 unspecified atom stereocenters. The molecule has 170 valence electrons. The summed E-state index contributed by atoms with van der Waals surface area (Å²) in [6.45, 7) is 3.47. The maximum absolute atomic E-state index is 14.3. The number of alkyl halides is 9. The van der Waals surface area contributed by atoms with Gasteiger partial charge >= 0.3 is 23.9 Å². The van der Waals surface area contributed by atoms with Crippen LogP contribution >= 0.6 is 0 Å². The molecule has 0 nitrogen and oxygen atoms in total. The summed E-state index contributed by atoms with van der Waals surface area (Å²) in [5.41, 5.74) is 2.19. The van der Waals surface area contributed by atoms with Crippen molar-refractivity contribution >= 4 is 6.08 Å². The lowest BCUT2D eigenvalue weighted by Crippen LogP contribution is -2.61. The van der Waals surface area contributed by atoms with Crippen LogP contribution in [0.25, 0.3) is 6.08 Å². The van der Waals surface area contributed by atoms with Crippen LogP contribution in [0.5, 0.6) is 0 Å². The van der Waals surface area contributed by atoms with Gasteiger partial charge in [-0.2, -0.15) is 39.5 Å². The van der Waals surface area contributed by atoms with Gasteiger partial charge in [0, 0.05) is 12.3 Å². The molecule has 1 atom stereocenters. The summed E-state index contributed by atoms with van der Waals surface area (Å²) in [5, 5.41) is 0. The van der Waals surface area contributed by atoms with Gasteiger partial charge in [0.2, 0.25) is 0 Å². The maximum atomic E-state index is 14.3. The molecule has 0 amide bonds. The Morgan fingerprint density at radius 2 is 1.13 bits per heavy atom. The second-order valence-corrected chi connectivity index (χ2v) is 7.34. The lowest BCUT2D eigenvalue weighted by molar-refractivity contribution is -0.396. The van der Waals surface area contributed by atoms with Gasteiger partial charge in [-0.15, -0.1) is 0 Å². The molecule has 0 fully saturated rings. The van der Waals surface area contributed by atoms with E-state index in [9.17, 15) is 39.5 Å². The van der Waals surface area contributed by atoms with Gasteiger partial charge in [-0.05, 0) is 25.0 Å². The average Bonchev–Trinajstić information content (AvgIpc) is 2.66. The fourth-order valence-electron chi connectivity index (χ4n) is 2.83. The summed E-state index contributed by atoms with van der Waals surface area (Å²) < 4.78 is 120. The van der Waals surface area contributed by atoms with Crippen LogP contribution in [0.4, 0.5) is 39.5 Å². The highest BCUT2D eigenvalue weighted by atomic mass is 19.4. The van der Waals surface area contributed by atoms with E-state index in [-0.39, 0.29) is 5.56 Å². The molecule has 0 spiro atoms. The quantitative estimate of drug-likeness (QED) is 0.373. The second-order valence-electron chi connectivity index (χ2n) is 7.34. The highest BCUT2D eigenvalue weighted by molar-refractivity contribution is 5.51. The van der Waals surface area contributed by atoms with Gasteiger partial charge in [-0.3, -0.25) is 0 Å². The van der Waals surface area contributed by atoms with Crippen LogP contribution in [0.15, 0.2) is 54.6 Å². The van der Waals surface area contributed by atoms with Crippen molar-refractivity contribution in [3.05, 3.63) is 76.9 Å². The molecule has 0 aliphatic carbocycles. The summed E-state index contributed by atoms with van der Waals surface area (Å²) in [7, 11) is 0. The van der Waals surface area contributed by atoms with Crippen molar-refractivity contribution in [2.24, 2.45) is 0 Å². The number of allylic oxidation sites excluding steroid dienone is 1. The van der Waals surface area contributed by atoms with E-state index in [0.717, 1.165) is 11.6 Å². The third-order valence-corrected chi connectivity index (χ3v) is 4.79. The van der Waals surface area contributed by atoms with E-state index in [4.69, 9.17) is 0 Å². The Labute approximate surface area is 173 Å². The largest absolute Gasteiger partial charge is 0.460 e. The van der Waals surface area contributed by atoms with E-state index < -0.39 is 36.3 Å². The zero-order chi connectivity index (χ0) is 23.7. The van der Waals surface area contributed by atoms with Crippen LogP contribution in [-0.4, -0.2) is 23.9 Å². The van der Waals surface area contributed by atoms with Crippen LogP contribution in [-0.2, 0) is 0 Å². The van der Waals surface area contributed by atoms with E-state index in [1.165, 1.54) is 30.3 Å². The highest BCUT2D eigenvalue weighted by Gasteiger charge is 2.81. The number of benzene rings is 2. The molecule has 2 rings (SSSR count). The molecule has 2 aromatic rings. The Bertz CT molecular complexity index is 892. The zero-order valence-corrected chi connectivity index (χ0v) is 16.5. The van der Waals surface area contributed by atoms with Crippen molar-refractivity contribution in [2.75, 3.05) is 0 Å². The lowest BCUT2D eigenvalue weighted by Gasteiger charge is -2.35. The molecule has 0 saturated carbocycles. The summed E-state index contributed by atoms with van der Waals surface area (Å²) in [6.07, 6.45) is -6.38. The van der Waals surface area contributed by atoms with Crippen LogP contribution in [0.3, 0.4) is 0 Å². The average molecular weight is 454 g/mol. The standard InChI is InChI=1S/C22H19F9/c1-14-3-7-16(8-4-14)9-12-18(17-10-5-15(2)6-11-17)13-19(23,24)20(25,26)21(27,28)22(29,30)31/h3-12,18H,13H2,1-2H3/b12-9+. The van der Waals surface area contributed by atoms with Crippen molar-refractivity contribution in [3.8, 4) is 0 Å². The number of aryl methyl sites for hydroxylation is 2. The minimum absolute atomic E-state index is 0.0692. The van der Waals surface area contributed by atoms with E-state index in [2.05, 4.69) is 0 Å². The Kier molecular flexibility index (Phi) is 6.88. The second kappa shape index (κ2) is 8.59. The first-order chi connectivity index (χ1) is 14.1.